The summed E-state index contributed by atoms with van der Waals surface area (Å²) < 4.78 is 0. The molecule has 5 nitrogen and oxygen atoms in total. The van der Waals surface area contributed by atoms with Gasteiger partial charge < -0.3 is 20.6 Å². The normalized spacial score (nSPS) is 18.8. The molecule has 0 radical (unpaired) electrons. The Balaban J connectivity index is 1.70. The molecule has 0 bridgehead atoms. The van der Waals surface area contributed by atoms with Crippen LogP contribution in [0.5, 0.6) is 0 Å². The summed E-state index contributed by atoms with van der Waals surface area (Å²) in [7, 11) is 0. The number of amides is 2. The van der Waals surface area contributed by atoms with Crippen LogP contribution in [0.3, 0.4) is 0 Å². The maximum absolute atomic E-state index is 12.1. The molecule has 0 spiro atoms. The number of nitrogens with zero attached hydrogens (tertiary/aromatic N) is 1. The van der Waals surface area contributed by atoms with Gasteiger partial charge in [0.2, 0.25) is 0 Å². The van der Waals surface area contributed by atoms with Crippen LogP contribution in [0.25, 0.3) is 0 Å². The molecule has 1 aromatic rings. The van der Waals surface area contributed by atoms with Crippen LogP contribution >= 0.6 is 0 Å². The monoisotopic (exact) mass is 333 g/mol. The average Bonchev–Trinajstić information content (AvgIpc) is 2.60. The van der Waals surface area contributed by atoms with Crippen molar-refractivity contribution < 1.29 is 9.90 Å². The van der Waals surface area contributed by atoms with Gasteiger partial charge in [-0.25, -0.2) is 4.79 Å². The fourth-order valence-corrected chi connectivity index (χ4v) is 3.07. The highest BCUT2D eigenvalue weighted by molar-refractivity contribution is 5.74. The first-order valence-electron chi connectivity index (χ1n) is 9.06. The highest BCUT2D eigenvalue weighted by Crippen LogP contribution is 2.19. The summed E-state index contributed by atoms with van der Waals surface area (Å²) in [4.78, 5) is 14.6. The van der Waals surface area contributed by atoms with E-state index < -0.39 is 5.60 Å². The Labute approximate surface area is 145 Å². The van der Waals surface area contributed by atoms with E-state index in [2.05, 4.69) is 22.5 Å². The van der Waals surface area contributed by atoms with Crippen LogP contribution in [0.2, 0.25) is 0 Å². The summed E-state index contributed by atoms with van der Waals surface area (Å²) in [5.41, 5.74) is -0.267. The molecule has 0 aliphatic carbocycles. The summed E-state index contributed by atoms with van der Waals surface area (Å²) >= 11 is 0. The van der Waals surface area contributed by atoms with Crippen molar-refractivity contribution in [2.24, 2.45) is 0 Å². The van der Waals surface area contributed by atoms with Crippen molar-refractivity contribution in [3.8, 4) is 0 Å². The molecular weight excluding hydrogens is 302 g/mol. The lowest BCUT2D eigenvalue weighted by Crippen LogP contribution is -2.50. The Morgan fingerprint density at radius 1 is 1.29 bits per heavy atom. The molecule has 1 saturated heterocycles. The summed E-state index contributed by atoms with van der Waals surface area (Å²) in [5, 5.41) is 16.3. The van der Waals surface area contributed by atoms with Gasteiger partial charge in [-0.3, -0.25) is 0 Å². The Hall–Kier alpha value is -1.59. The molecule has 1 aliphatic rings. The molecule has 1 aliphatic heterocycles. The van der Waals surface area contributed by atoms with Crippen LogP contribution in [0.1, 0.15) is 45.1 Å². The number of hydrogen-bond donors (Lipinski definition) is 3. The summed E-state index contributed by atoms with van der Waals surface area (Å²) in [6.07, 6.45) is 4.45. The van der Waals surface area contributed by atoms with Gasteiger partial charge in [0.25, 0.3) is 0 Å². The molecule has 0 aromatic heterocycles. The number of urea groups is 1. The quantitative estimate of drug-likeness (QED) is 0.718. The number of likely N-dealkylation sites (tertiary alicyclic amines) is 1. The largest absolute Gasteiger partial charge is 0.384 e. The van der Waals surface area contributed by atoms with Crippen LogP contribution in [0, 0.1) is 0 Å². The van der Waals surface area contributed by atoms with Gasteiger partial charge in [0.1, 0.15) is 5.60 Å². The standard InChI is InChI=1S/C19H31N3O2/c1-3-4-12-22-13-10-17(11-14-22)21-18(23)20-15-19(2,24)16-8-6-5-7-9-16/h5-9,17,24H,3-4,10-15H2,1-2H3,(H2,20,21,23). The van der Waals surface area contributed by atoms with Crippen molar-refractivity contribution in [3.63, 3.8) is 0 Å². The van der Waals surface area contributed by atoms with Crippen LogP contribution < -0.4 is 10.6 Å². The predicted molar refractivity (Wildman–Crippen MR) is 96.9 cm³/mol. The zero-order chi connectivity index (χ0) is 17.4. The molecule has 2 amide bonds. The van der Waals surface area contributed by atoms with Gasteiger partial charge in [-0.15, -0.1) is 0 Å². The number of hydrogen-bond acceptors (Lipinski definition) is 3. The number of aliphatic hydroxyl groups is 1. The molecule has 3 N–H and O–H groups in total. The van der Waals surface area contributed by atoms with Crippen LogP contribution in [0.4, 0.5) is 4.79 Å². The van der Waals surface area contributed by atoms with E-state index in [4.69, 9.17) is 0 Å². The van der Waals surface area contributed by atoms with E-state index in [1.54, 1.807) is 6.92 Å². The van der Waals surface area contributed by atoms with Gasteiger partial charge in [-0.1, -0.05) is 43.7 Å². The molecule has 134 valence electrons. The van der Waals surface area contributed by atoms with Crippen molar-refractivity contribution in [2.45, 2.75) is 51.2 Å². The predicted octanol–water partition coefficient (Wildman–Crippen LogP) is 2.46. The third kappa shape index (κ3) is 5.80. The zero-order valence-electron chi connectivity index (χ0n) is 14.9. The number of unbranched alkanes of at least 4 members (excludes halogenated alkanes) is 1. The van der Waals surface area contributed by atoms with E-state index >= 15 is 0 Å². The van der Waals surface area contributed by atoms with Crippen molar-refractivity contribution in [1.82, 2.24) is 15.5 Å². The van der Waals surface area contributed by atoms with Gasteiger partial charge in [0, 0.05) is 19.1 Å². The first-order chi connectivity index (χ1) is 11.5. The minimum Gasteiger partial charge on any atom is -0.384 e. The van der Waals surface area contributed by atoms with E-state index in [0.29, 0.717) is 0 Å². The van der Waals surface area contributed by atoms with Gasteiger partial charge in [-0.05, 0) is 38.3 Å². The molecule has 1 atom stereocenters. The van der Waals surface area contributed by atoms with E-state index in [0.717, 1.165) is 38.0 Å². The smallest absolute Gasteiger partial charge is 0.315 e. The van der Waals surface area contributed by atoms with E-state index in [-0.39, 0.29) is 18.6 Å². The molecule has 0 saturated carbocycles. The first-order valence-corrected chi connectivity index (χ1v) is 9.06. The van der Waals surface area contributed by atoms with Crippen molar-refractivity contribution in [1.29, 1.82) is 0 Å². The fraction of sp³-hybridized carbons (Fsp3) is 0.632. The number of carbonyl (C=O) groups is 1. The van der Waals surface area contributed by atoms with E-state index in [1.165, 1.54) is 12.8 Å². The number of benzene rings is 1. The molecule has 1 fully saturated rings. The highest BCUT2D eigenvalue weighted by atomic mass is 16.3. The maximum Gasteiger partial charge on any atom is 0.315 e. The molecule has 5 heteroatoms. The molecule has 1 aromatic carbocycles. The van der Waals surface area contributed by atoms with E-state index in [9.17, 15) is 9.90 Å². The van der Waals surface area contributed by atoms with Crippen molar-refractivity contribution >= 4 is 6.03 Å². The Bertz CT molecular complexity index is 497. The third-order valence-corrected chi connectivity index (χ3v) is 4.74. The first kappa shape index (κ1) is 18.7. The van der Waals surface area contributed by atoms with Crippen molar-refractivity contribution in [3.05, 3.63) is 35.9 Å². The third-order valence-electron chi connectivity index (χ3n) is 4.74. The Morgan fingerprint density at radius 3 is 2.58 bits per heavy atom. The molecular formula is C19H31N3O2. The average molecular weight is 333 g/mol. The maximum atomic E-state index is 12.1. The van der Waals surface area contributed by atoms with Gasteiger partial charge in [-0.2, -0.15) is 0 Å². The van der Waals surface area contributed by atoms with Crippen molar-refractivity contribution in [2.75, 3.05) is 26.2 Å². The summed E-state index contributed by atoms with van der Waals surface area (Å²) in [5.74, 6) is 0. The number of carbonyl (C=O) groups excluding carboxylic acids is 1. The minimum absolute atomic E-state index is 0.193. The highest BCUT2D eigenvalue weighted by Gasteiger charge is 2.25. The second-order valence-electron chi connectivity index (χ2n) is 6.94. The lowest BCUT2D eigenvalue weighted by molar-refractivity contribution is 0.0591. The SMILES string of the molecule is CCCCN1CCC(NC(=O)NCC(C)(O)c2ccccc2)CC1. The summed E-state index contributed by atoms with van der Waals surface area (Å²) in [6.45, 7) is 7.38. The molecule has 24 heavy (non-hydrogen) atoms. The molecule has 1 unspecified atom stereocenters. The van der Waals surface area contributed by atoms with E-state index in [1.807, 2.05) is 30.3 Å². The fourth-order valence-electron chi connectivity index (χ4n) is 3.07. The van der Waals surface area contributed by atoms with Gasteiger partial charge in [0.05, 0.1) is 6.54 Å². The van der Waals surface area contributed by atoms with Crippen LogP contribution in [-0.4, -0.2) is 48.3 Å². The Kier molecular flexibility index (Phi) is 7.06. The minimum atomic E-state index is -1.07. The van der Waals surface area contributed by atoms with Crippen LogP contribution in [0.15, 0.2) is 30.3 Å². The zero-order valence-corrected chi connectivity index (χ0v) is 14.9. The van der Waals surface area contributed by atoms with Crippen LogP contribution in [-0.2, 0) is 5.60 Å². The molecule has 2 rings (SSSR count). The molecule has 1 heterocycles. The topological polar surface area (TPSA) is 64.6 Å². The van der Waals surface area contributed by atoms with Gasteiger partial charge >= 0.3 is 6.03 Å². The number of rotatable bonds is 7. The summed E-state index contributed by atoms with van der Waals surface area (Å²) in [6, 6.07) is 9.44. The lowest BCUT2D eigenvalue weighted by atomic mass is 9.96. The second kappa shape index (κ2) is 9.04. The Morgan fingerprint density at radius 2 is 1.96 bits per heavy atom. The second-order valence-corrected chi connectivity index (χ2v) is 6.94. The number of piperidine rings is 1. The van der Waals surface area contributed by atoms with Gasteiger partial charge in [0.15, 0.2) is 0 Å². The number of nitrogens with one attached hydrogen (secondary N) is 2. The lowest BCUT2D eigenvalue weighted by Gasteiger charge is -2.32.